The van der Waals surface area contributed by atoms with Crippen LogP contribution in [0.5, 0.6) is 0 Å². The Morgan fingerprint density at radius 3 is 2.29 bits per heavy atom. The Morgan fingerprint density at radius 1 is 1.13 bits per heavy atom. The van der Waals surface area contributed by atoms with Crippen molar-refractivity contribution in [1.82, 2.24) is 9.62 Å². The highest BCUT2D eigenvalue weighted by atomic mass is 32.2. The largest absolute Gasteiger partial charge is 0.478 e. The van der Waals surface area contributed by atoms with Crippen LogP contribution in [-0.4, -0.2) is 54.2 Å². The molecule has 13 heteroatoms. The van der Waals surface area contributed by atoms with Crippen LogP contribution in [0.15, 0.2) is 40.7 Å². The number of benzene rings is 2. The van der Waals surface area contributed by atoms with Crippen LogP contribution in [0, 0.1) is 19.7 Å². The first-order valence-electron chi connectivity index (χ1n) is 11.4. The number of sulfonamides is 1. The lowest BCUT2D eigenvalue weighted by Crippen LogP contribution is -2.50. The minimum Gasteiger partial charge on any atom is -0.478 e. The highest BCUT2D eigenvalue weighted by molar-refractivity contribution is 7.92. The Bertz CT molecular complexity index is 1470. The monoisotopic (exact) mass is 553 g/mol. The van der Waals surface area contributed by atoms with Crippen molar-refractivity contribution >= 4 is 33.8 Å². The third kappa shape index (κ3) is 5.20. The van der Waals surface area contributed by atoms with E-state index in [1.165, 1.54) is 22.5 Å². The van der Waals surface area contributed by atoms with Crippen LogP contribution in [0.3, 0.4) is 0 Å². The average molecular weight is 554 g/mol. The molecule has 1 saturated heterocycles. The molecule has 0 radical (unpaired) electrons. The van der Waals surface area contributed by atoms with Crippen molar-refractivity contribution in [3.05, 3.63) is 74.9 Å². The number of amidine groups is 1. The number of carbonyl (C=O) groups is 2. The summed E-state index contributed by atoms with van der Waals surface area (Å²) in [5, 5.41) is 12.6. The van der Waals surface area contributed by atoms with Crippen LogP contribution in [0.1, 0.15) is 51.0 Å². The van der Waals surface area contributed by atoms with Gasteiger partial charge in [0.05, 0.1) is 11.1 Å². The lowest BCUT2D eigenvalue weighted by molar-refractivity contribution is -0.140. The van der Waals surface area contributed by atoms with Gasteiger partial charge >= 0.3 is 12.1 Å². The molecule has 1 amide bonds. The van der Waals surface area contributed by atoms with E-state index in [0.29, 0.717) is 28.8 Å². The molecular weight excluding hydrogens is 530 g/mol. The summed E-state index contributed by atoms with van der Waals surface area (Å²) in [6.45, 7) is 3.21. The van der Waals surface area contributed by atoms with Gasteiger partial charge in [0.25, 0.3) is 5.91 Å². The minimum atomic E-state index is -4.93. The summed E-state index contributed by atoms with van der Waals surface area (Å²) in [6.07, 6.45) is -3.55. The highest BCUT2D eigenvalue weighted by Gasteiger charge is 2.47. The van der Waals surface area contributed by atoms with Gasteiger partial charge in [-0.2, -0.15) is 17.5 Å². The number of carboxylic acids is 1. The number of carboxylic acid groups (broad SMARTS) is 1. The first-order valence-corrected chi connectivity index (χ1v) is 12.9. The summed E-state index contributed by atoms with van der Waals surface area (Å²) >= 11 is 0. The van der Waals surface area contributed by atoms with Crippen LogP contribution in [-0.2, 0) is 21.0 Å². The molecular formula is C25H23F4N3O5S. The Kier molecular flexibility index (Phi) is 6.95. The molecule has 202 valence electrons. The molecule has 2 aliphatic heterocycles. The molecule has 38 heavy (non-hydrogen) atoms. The summed E-state index contributed by atoms with van der Waals surface area (Å²) in [4.78, 5) is 28.3. The van der Waals surface area contributed by atoms with Gasteiger partial charge in [-0.3, -0.25) is 9.79 Å². The molecule has 2 heterocycles. The summed E-state index contributed by atoms with van der Waals surface area (Å²) in [5.74, 6) is -3.24. The molecule has 1 fully saturated rings. The number of aliphatic imine (C=N–C) groups is 1. The van der Waals surface area contributed by atoms with Crippen molar-refractivity contribution < 1.29 is 40.7 Å². The number of amides is 1. The van der Waals surface area contributed by atoms with Gasteiger partial charge < -0.3 is 10.4 Å². The zero-order valence-electron chi connectivity index (χ0n) is 20.3. The smallest absolute Gasteiger partial charge is 0.419 e. The van der Waals surface area contributed by atoms with E-state index in [-0.39, 0.29) is 42.9 Å². The maximum absolute atomic E-state index is 13.7. The number of halogens is 4. The molecule has 2 aliphatic rings. The SMILES string of the molecule is Cc1cc(C(=O)O)cc(C)c1C=CS(=O)(=O)N1CCC2(CC1)N=C(c1ccc(F)c(C(F)(F)F)c1)NC2=O. The van der Waals surface area contributed by atoms with Crippen LogP contribution >= 0.6 is 0 Å². The number of nitrogens with zero attached hydrogens (tertiary/aromatic N) is 2. The molecule has 1 spiro atoms. The standard InChI is InChI=1S/C25H23F4N3O5S/c1-14-11-17(22(33)34)12-15(2)18(14)5-10-38(36,37)32-8-6-24(7-9-32)23(35)30-21(31-24)16-3-4-20(26)19(13-16)25(27,28)29/h3-5,10-13H,6-9H2,1-2H3,(H,33,34)(H,30,31,35). The van der Waals surface area contributed by atoms with Crippen LogP contribution in [0.25, 0.3) is 6.08 Å². The average Bonchev–Trinajstić information content (AvgIpc) is 3.13. The van der Waals surface area contributed by atoms with Gasteiger partial charge in [-0.1, -0.05) is 0 Å². The molecule has 2 aromatic carbocycles. The lowest BCUT2D eigenvalue weighted by Gasteiger charge is -2.34. The third-order valence-corrected chi connectivity index (χ3v) is 8.25. The van der Waals surface area contributed by atoms with Crippen molar-refractivity contribution in [3.8, 4) is 0 Å². The first-order chi connectivity index (χ1) is 17.6. The number of hydrogen-bond donors (Lipinski definition) is 2. The van der Waals surface area contributed by atoms with Crippen molar-refractivity contribution in [2.24, 2.45) is 4.99 Å². The molecule has 2 N–H and O–H groups in total. The maximum atomic E-state index is 13.7. The van der Waals surface area contributed by atoms with E-state index in [9.17, 15) is 40.7 Å². The van der Waals surface area contributed by atoms with E-state index in [1.807, 2.05) is 0 Å². The molecule has 0 aromatic heterocycles. The summed E-state index contributed by atoms with van der Waals surface area (Å²) < 4.78 is 80.0. The van der Waals surface area contributed by atoms with E-state index in [2.05, 4.69) is 10.3 Å². The van der Waals surface area contributed by atoms with Crippen molar-refractivity contribution in [2.45, 2.75) is 38.4 Å². The first kappa shape index (κ1) is 27.5. The van der Waals surface area contributed by atoms with E-state index >= 15 is 0 Å². The Balaban J connectivity index is 1.52. The molecule has 0 aliphatic carbocycles. The maximum Gasteiger partial charge on any atom is 0.419 e. The number of aryl methyl sites for hydroxylation is 2. The second kappa shape index (κ2) is 9.62. The zero-order chi connectivity index (χ0) is 28.0. The van der Waals surface area contributed by atoms with E-state index in [4.69, 9.17) is 0 Å². The quantitative estimate of drug-likeness (QED) is 0.546. The molecule has 4 rings (SSSR count). The van der Waals surface area contributed by atoms with Crippen molar-refractivity contribution in [3.63, 3.8) is 0 Å². The van der Waals surface area contributed by atoms with Crippen molar-refractivity contribution in [1.29, 1.82) is 0 Å². The van der Waals surface area contributed by atoms with E-state index in [1.54, 1.807) is 13.8 Å². The van der Waals surface area contributed by atoms with Gasteiger partial charge in [-0.25, -0.2) is 17.6 Å². The fourth-order valence-electron chi connectivity index (χ4n) is 4.59. The Hall–Kier alpha value is -3.58. The second-order valence-electron chi connectivity index (χ2n) is 9.21. The van der Waals surface area contributed by atoms with Crippen LogP contribution in [0.4, 0.5) is 17.6 Å². The van der Waals surface area contributed by atoms with Gasteiger partial charge in [-0.05, 0) is 79.8 Å². The second-order valence-corrected chi connectivity index (χ2v) is 11.0. The Morgan fingerprint density at radius 2 is 1.74 bits per heavy atom. The number of aromatic carboxylic acids is 1. The van der Waals surface area contributed by atoms with Gasteiger partial charge in [0.15, 0.2) is 0 Å². The van der Waals surface area contributed by atoms with Crippen molar-refractivity contribution in [2.75, 3.05) is 13.1 Å². The van der Waals surface area contributed by atoms with Gasteiger partial charge in [-0.15, -0.1) is 0 Å². The Labute approximate surface area is 215 Å². The number of piperidine rings is 1. The molecule has 0 saturated carbocycles. The number of hydrogen-bond acceptors (Lipinski definition) is 5. The molecule has 0 bridgehead atoms. The fourth-order valence-corrected chi connectivity index (χ4v) is 5.77. The molecule has 0 unspecified atom stereocenters. The van der Waals surface area contributed by atoms with Crippen LogP contribution in [0.2, 0.25) is 0 Å². The molecule has 8 nitrogen and oxygen atoms in total. The van der Waals surface area contributed by atoms with Crippen LogP contribution < -0.4 is 5.32 Å². The molecule has 2 aromatic rings. The molecule has 0 atom stereocenters. The number of nitrogens with one attached hydrogen (secondary N) is 1. The highest BCUT2D eigenvalue weighted by Crippen LogP contribution is 2.35. The van der Waals surface area contributed by atoms with Gasteiger partial charge in [0, 0.05) is 24.1 Å². The van der Waals surface area contributed by atoms with Gasteiger partial charge in [0.1, 0.15) is 17.2 Å². The number of carbonyl (C=O) groups excluding carboxylic acids is 1. The van der Waals surface area contributed by atoms with Gasteiger partial charge in [0.2, 0.25) is 10.0 Å². The summed E-state index contributed by atoms with van der Waals surface area (Å²) in [5.41, 5.74) is -1.11. The number of alkyl halides is 3. The topological polar surface area (TPSA) is 116 Å². The summed E-state index contributed by atoms with van der Waals surface area (Å²) in [7, 11) is -3.91. The minimum absolute atomic E-state index is 0.00586. The number of rotatable bonds is 5. The van der Waals surface area contributed by atoms with E-state index in [0.717, 1.165) is 11.5 Å². The third-order valence-electron chi connectivity index (χ3n) is 6.68. The predicted octanol–water partition coefficient (Wildman–Crippen LogP) is 3.87. The zero-order valence-corrected chi connectivity index (χ0v) is 21.1. The van der Waals surface area contributed by atoms with E-state index < -0.39 is 45.0 Å². The lowest BCUT2D eigenvalue weighted by atomic mass is 9.89. The predicted molar refractivity (Wildman–Crippen MR) is 130 cm³/mol. The normalized spacial score (nSPS) is 18.2. The summed E-state index contributed by atoms with van der Waals surface area (Å²) in [6, 6.07) is 5.20. The fraction of sp³-hybridized carbons (Fsp3) is 0.320.